The summed E-state index contributed by atoms with van der Waals surface area (Å²) in [6, 6.07) is 18.3. The number of para-hydroxylation sites is 2. The van der Waals surface area contributed by atoms with Crippen LogP contribution in [0.3, 0.4) is 0 Å². The molecule has 3 rings (SSSR count). The molecule has 0 unspecified atom stereocenters. The monoisotopic (exact) mass is 291 g/mol. The number of aromatic nitrogens is 1. The van der Waals surface area contributed by atoms with Crippen molar-refractivity contribution in [3.63, 3.8) is 0 Å². The van der Waals surface area contributed by atoms with Gasteiger partial charge in [-0.15, -0.1) is 0 Å². The van der Waals surface area contributed by atoms with Crippen molar-refractivity contribution in [1.82, 2.24) is 4.98 Å². The minimum atomic E-state index is 0.760. The van der Waals surface area contributed by atoms with Crippen molar-refractivity contribution in [2.75, 3.05) is 23.7 Å². The van der Waals surface area contributed by atoms with Crippen LogP contribution >= 0.6 is 0 Å². The summed E-state index contributed by atoms with van der Waals surface area (Å²) in [5, 5.41) is 1.18. The van der Waals surface area contributed by atoms with E-state index in [-0.39, 0.29) is 0 Å². The molecule has 0 saturated heterocycles. The molecular weight excluding hydrogens is 270 g/mol. The molecule has 3 nitrogen and oxygen atoms in total. The molecular formula is C19H21N3. The summed E-state index contributed by atoms with van der Waals surface area (Å²) < 4.78 is 0. The van der Waals surface area contributed by atoms with Crippen molar-refractivity contribution in [3.8, 4) is 11.3 Å². The summed E-state index contributed by atoms with van der Waals surface area (Å²) >= 11 is 0. The topological polar surface area (TPSA) is 42.1 Å². The number of anilines is 2. The Morgan fingerprint density at radius 2 is 1.64 bits per heavy atom. The summed E-state index contributed by atoms with van der Waals surface area (Å²) in [4.78, 5) is 7.17. The molecule has 3 heteroatoms. The van der Waals surface area contributed by atoms with Crippen LogP contribution in [0.5, 0.6) is 0 Å². The van der Waals surface area contributed by atoms with Gasteiger partial charge in [0.1, 0.15) is 0 Å². The molecule has 112 valence electrons. The third kappa shape index (κ3) is 2.50. The third-order valence-corrected chi connectivity index (χ3v) is 4.04. The van der Waals surface area contributed by atoms with E-state index in [9.17, 15) is 0 Å². The largest absolute Gasteiger partial charge is 0.398 e. The highest BCUT2D eigenvalue weighted by Crippen LogP contribution is 2.32. The van der Waals surface area contributed by atoms with Gasteiger partial charge in [0, 0.05) is 35.4 Å². The predicted octanol–water partition coefficient (Wildman–Crippen LogP) is 4.33. The molecule has 22 heavy (non-hydrogen) atoms. The number of benzene rings is 2. The Hall–Kier alpha value is -2.55. The SMILES string of the molecule is CCN(CC)c1cc(-c2ccccc2N)nc2ccccc12. The third-order valence-electron chi connectivity index (χ3n) is 4.04. The highest BCUT2D eigenvalue weighted by Gasteiger charge is 2.12. The molecule has 0 bridgehead atoms. The molecule has 2 aromatic carbocycles. The van der Waals surface area contributed by atoms with E-state index in [0.717, 1.165) is 35.6 Å². The zero-order valence-corrected chi connectivity index (χ0v) is 13.1. The molecule has 3 aromatic rings. The van der Waals surface area contributed by atoms with E-state index in [1.54, 1.807) is 0 Å². The van der Waals surface area contributed by atoms with Crippen LogP contribution < -0.4 is 10.6 Å². The molecule has 0 aliphatic rings. The summed E-state index contributed by atoms with van der Waals surface area (Å²) in [5.74, 6) is 0. The van der Waals surface area contributed by atoms with Gasteiger partial charge in [0.25, 0.3) is 0 Å². The number of pyridine rings is 1. The Morgan fingerprint density at radius 3 is 2.36 bits per heavy atom. The summed E-state index contributed by atoms with van der Waals surface area (Å²) in [5.41, 5.74) is 11.0. The Morgan fingerprint density at radius 1 is 0.955 bits per heavy atom. The lowest BCUT2D eigenvalue weighted by Crippen LogP contribution is -2.22. The second-order valence-corrected chi connectivity index (χ2v) is 5.30. The van der Waals surface area contributed by atoms with E-state index in [2.05, 4.69) is 43.0 Å². The summed E-state index contributed by atoms with van der Waals surface area (Å²) in [7, 11) is 0. The lowest BCUT2D eigenvalue weighted by Gasteiger charge is -2.23. The molecule has 0 saturated carbocycles. The molecule has 0 radical (unpaired) electrons. The predicted molar refractivity (Wildman–Crippen MR) is 95.2 cm³/mol. The first kappa shape index (κ1) is 14.4. The fourth-order valence-electron chi connectivity index (χ4n) is 2.85. The fourth-order valence-corrected chi connectivity index (χ4v) is 2.85. The van der Waals surface area contributed by atoms with Gasteiger partial charge in [0.15, 0.2) is 0 Å². The maximum atomic E-state index is 6.13. The molecule has 0 atom stereocenters. The van der Waals surface area contributed by atoms with Crippen LogP contribution in [0.4, 0.5) is 11.4 Å². The standard InChI is InChI=1S/C19H21N3/c1-3-22(4-2)19-13-18(14-9-5-7-11-16(14)20)21-17-12-8-6-10-15(17)19/h5-13H,3-4,20H2,1-2H3. The van der Waals surface area contributed by atoms with Crippen LogP contribution in [0.1, 0.15) is 13.8 Å². The second-order valence-electron chi connectivity index (χ2n) is 5.30. The van der Waals surface area contributed by atoms with E-state index in [1.807, 2.05) is 30.3 Å². The quantitative estimate of drug-likeness (QED) is 0.727. The first-order valence-electron chi connectivity index (χ1n) is 7.74. The van der Waals surface area contributed by atoms with E-state index in [4.69, 9.17) is 10.7 Å². The molecule has 1 aromatic heterocycles. The molecule has 0 amide bonds. The number of nitrogen functional groups attached to an aromatic ring is 1. The fraction of sp³-hybridized carbons (Fsp3) is 0.211. The van der Waals surface area contributed by atoms with Gasteiger partial charge in [-0.25, -0.2) is 4.98 Å². The average molecular weight is 291 g/mol. The first-order valence-corrected chi connectivity index (χ1v) is 7.74. The van der Waals surface area contributed by atoms with Gasteiger partial charge in [-0.2, -0.15) is 0 Å². The van der Waals surface area contributed by atoms with Crippen molar-refractivity contribution >= 4 is 22.3 Å². The van der Waals surface area contributed by atoms with Crippen LogP contribution in [0.2, 0.25) is 0 Å². The number of nitrogens with two attached hydrogens (primary N) is 1. The minimum absolute atomic E-state index is 0.760. The van der Waals surface area contributed by atoms with Crippen molar-refractivity contribution < 1.29 is 0 Å². The Bertz CT molecular complexity index is 792. The van der Waals surface area contributed by atoms with Crippen molar-refractivity contribution in [2.24, 2.45) is 0 Å². The van der Waals surface area contributed by atoms with Crippen molar-refractivity contribution in [3.05, 3.63) is 54.6 Å². The number of hydrogen-bond acceptors (Lipinski definition) is 3. The number of fused-ring (bicyclic) bond motifs is 1. The zero-order chi connectivity index (χ0) is 15.5. The zero-order valence-electron chi connectivity index (χ0n) is 13.1. The van der Waals surface area contributed by atoms with Crippen LogP contribution in [-0.2, 0) is 0 Å². The summed E-state index contributed by atoms with van der Waals surface area (Å²) in [6.45, 7) is 6.28. The lowest BCUT2D eigenvalue weighted by molar-refractivity contribution is 0.870. The summed E-state index contributed by atoms with van der Waals surface area (Å²) in [6.07, 6.45) is 0. The number of hydrogen-bond donors (Lipinski definition) is 1. The first-order chi connectivity index (χ1) is 10.7. The van der Waals surface area contributed by atoms with Crippen LogP contribution in [0, 0.1) is 0 Å². The van der Waals surface area contributed by atoms with Crippen LogP contribution in [0.15, 0.2) is 54.6 Å². The van der Waals surface area contributed by atoms with Gasteiger partial charge < -0.3 is 10.6 Å². The highest BCUT2D eigenvalue weighted by atomic mass is 15.1. The van der Waals surface area contributed by atoms with Crippen molar-refractivity contribution in [2.45, 2.75) is 13.8 Å². The molecule has 1 heterocycles. The molecule has 0 fully saturated rings. The van der Waals surface area contributed by atoms with E-state index >= 15 is 0 Å². The van der Waals surface area contributed by atoms with E-state index < -0.39 is 0 Å². The lowest BCUT2D eigenvalue weighted by atomic mass is 10.1. The Balaban J connectivity index is 2.27. The van der Waals surface area contributed by atoms with Gasteiger partial charge in [-0.05, 0) is 32.0 Å². The second kappa shape index (κ2) is 6.06. The van der Waals surface area contributed by atoms with Crippen molar-refractivity contribution in [1.29, 1.82) is 0 Å². The molecule has 0 aliphatic heterocycles. The van der Waals surface area contributed by atoms with Gasteiger partial charge in [-0.3, -0.25) is 0 Å². The smallest absolute Gasteiger partial charge is 0.0751 e. The number of nitrogens with zero attached hydrogens (tertiary/aromatic N) is 2. The van der Waals surface area contributed by atoms with Crippen LogP contribution in [0.25, 0.3) is 22.2 Å². The maximum Gasteiger partial charge on any atom is 0.0751 e. The molecule has 0 spiro atoms. The van der Waals surface area contributed by atoms with Crippen LogP contribution in [-0.4, -0.2) is 18.1 Å². The van der Waals surface area contributed by atoms with E-state index in [0.29, 0.717) is 0 Å². The van der Waals surface area contributed by atoms with Gasteiger partial charge in [0.2, 0.25) is 0 Å². The maximum absolute atomic E-state index is 6.13. The van der Waals surface area contributed by atoms with Gasteiger partial charge in [-0.1, -0.05) is 36.4 Å². The average Bonchev–Trinajstić information content (AvgIpc) is 2.56. The normalized spacial score (nSPS) is 10.8. The van der Waals surface area contributed by atoms with E-state index in [1.165, 1.54) is 11.1 Å². The van der Waals surface area contributed by atoms with Gasteiger partial charge in [0.05, 0.1) is 11.2 Å². The molecule has 2 N–H and O–H groups in total. The highest BCUT2D eigenvalue weighted by molar-refractivity contribution is 5.95. The number of rotatable bonds is 4. The molecule has 0 aliphatic carbocycles. The van der Waals surface area contributed by atoms with Gasteiger partial charge >= 0.3 is 0 Å². The Labute approximate surface area is 131 Å². The minimum Gasteiger partial charge on any atom is -0.398 e. The Kier molecular flexibility index (Phi) is 3.96.